The van der Waals surface area contributed by atoms with Crippen LogP contribution in [0.25, 0.3) is 0 Å². The van der Waals surface area contributed by atoms with E-state index in [1.54, 1.807) is 19.1 Å². The lowest BCUT2D eigenvalue weighted by Crippen LogP contribution is -2.07. The minimum Gasteiger partial charge on any atom is -0.465 e. The molecule has 0 saturated heterocycles. The minimum atomic E-state index is -0.557. The summed E-state index contributed by atoms with van der Waals surface area (Å²) in [6.45, 7) is 1.67. The Hall–Kier alpha value is -1.65. The number of rotatable bonds is 3. The highest BCUT2D eigenvalue weighted by Crippen LogP contribution is 2.24. The van der Waals surface area contributed by atoms with Crippen LogP contribution in [-0.2, 0) is 11.2 Å². The Bertz CT molecular complexity index is 704. The molecule has 0 saturated carbocycles. The highest BCUT2D eigenvalue weighted by atomic mass is 35.5. The molecule has 2 rings (SSSR count). The van der Waals surface area contributed by atoms with Crippen LogP contribution in [0.1, 0.15) is 27.3 Å². The van der Waals surface area contributed by atoms with E-state index in [2.05, 4.69) is 9.72 Å². The molecular formula is C15H12Cl2FNO2. The standard InChI is InChI=1S/C15H12Cl2FNO2/c1-8-13(17)11(15(20)21-2)7-10(19-8)6-9-4-3-5-12(16)14(9)18/h3-5,7H,6H2,1-2H3. The van der Waals surface area contributed by atoms with Crippen molar-refractivity contribution < 1.29 is 13.9 Å². The highest BCUT2D eigenvalue weighted by Gasteiger charge is 2.16. The summed E-state index contributed by atoms with van der Waals surface area (Å²) in [7, 11) is 1.27. The molecule has 3 nitrogen and oxygen atoms in total. The predicted molar refractivity (Wildman–Crippen MR) is 79.5 cm³/mol. The summed E-state index contributed by atoms with van der Waals surface area (Å²) < 4.78 is 18.6. The number of ether oxygens (including phenoxy) is 1. The second-order valence-corrected chi connectivity index (χ2v) is 5.23. The second kappa shape index (κ2) is 6.41. The van der Waals surface area contributed by atoms with Crippen molar-refractivity contribution in [3.63, 3.8) is 0 Å². The zero-order chi connectivity index (χ0) is 15.6. The van der Waals surface area contributed by atoms with E-state index in [-0.39, 0.29) is 22.0 Å². The van der Waals surface area contributed by atoms with Crippen molar-refractivity contribution in [3.8, 4) is 0 Å². The number of aryl methyl sites for hydroxylation is 1. The molecule has 1 heterocycles. The number of carbonyl (C=O) groups excluding carboxylic acids is 1. The van der Waals surface area contributed by atoms with Gasteiger partial charge in [-0.15, -0.1) is 0 Å². The molecule has 0 aliphatic rings. The molecule has 0 atom stereocenters. The van der Waals surface area contributed by atoms with Crippen LogP contribution in [0, 0.1) is 12.7 Å². The summed E-state index contributed by atoms with van der Waals surface area (Å²) in [6, 6.07) is 6.25. The van der Waals surface area contributed by atoms with Gasteiger partial charge < -0.3 is 4.74 Å². The molecule has 0 aliphatic carbocycles. The zero-order valence-electron chi connectivity index (χ0n) is 11.4. The van der Waals surface area contributed by atoms with E-state index in [9.17, 15) is 9.18 Å². The lowest BCUT2D eigenvalue weighted by atomic mass is 10.1. The topological polar surface area (TPSA) is 39.2 Å². The van der Waals surface area contributed by atoms with Gasteiger partial charge in [0.15, 0.2) is 0 Å². The summed E-state index contributed by atoms with van der Waals surface area (Å²) in [6.07, 6.45) is 0.203. The smallest absolute Gasteiger partial charge is 0.339 e. The summed E-state index contributed by atoms with van der Waals surface area (Å²) in [5, 5.41) is 0.281. The Balaban J connectivity index is 2.43. The first-order chi connectivity index (χ1) is 9.93. The van der Waals surface area contributed by atoms with Gasteiger partial charge in [0.05, 0.1) is 28.4 Å². The van der Waals surface area contributed by atoms with Crippen molar-refractivity contribution >= 4 is 29.2 Å². The quantitative estimate of drug-likeness (QED) is 0.792. The fourth-order valence-electron chi connectivity index (χ4n) is 1.95. The first-order valence-electron chi connectivity index (χ1n) is 6.11. The predicted octanol–water partition coefficient (Wildman–Crippen LogP) is 4.21. The average Bonchev–Trinajstić information content (AvgIpc) is 2.46. The Morgan fingerprint density at radius 3 is 2.76 bits per heavy atom. The molecular weight excluding hydrogens is 316 g/mol. The number of hydrogen-bond acceptors (Lipinski definition) is 3. The number of methoxy groups -OCH3 is 1. The van der Waals surface area contributed by atoms with Crippen LogP contribution in [0.3, 0.4) is 0 Å². The van der Waals surface area contributed by atoms with Crippen molar-refractivity contribution in [2.24, 2.45) is 0 Å². The molecule has 0 N–H and O–H groups in total. The van der Waals surface area contributed by atoms with Gasteiger partial charge in [-0.2, -0.15) is 0 Å². The first kappa shape index (κ1) is 15.7. The first-order valence-corrected chi connectivity index (χ1v) is 6.87. The van der Waals surface area contributed by atoms with E-state index in [0.29, 0.717) is 17.0 Å². The molecule has 0 radical (unpaired) electrons. The molecule has 110 valence electrons. The summed E-state index contributed by atoms with van der Waals surface area (Å²) >= 11 is 11.8. The van der Waals surface area contributed by atoms with Gasteiger partial charge in [-0.25, -0.2) is 9.18 Å². The maximum absolute atomic E-state index is 13.9. The van der Waals surface area contributed by atoms with E-state index in [4.69, 9.17) is 23.2 Å². The molecule has 0 bridgehead atoms. The summed E-state index contributed by atoms with van der Waals surface area (Å²) in [4.78, 5) is 15.9. The number of benzene rings is 1. The van der Waals surface area contributed by atoms with Crippen LogP contribution in [0.4, 0.5) is 4.39 Å². The molecule has 0 unspecified atom stereocenters. The number of esters is 1. The molecule has 0 fully saturated rings. The monoisotopic (exact) mass is 327 g/mol. The van der Waals surface area contributed by atoms with Crippen LogP contribution >= 0.6 is 23.2 Å². The largest absolute Gasteiger partial charge is 0.465 e. The molecule has 2 aromatic rings. The van der Waals surface area contributed by atoms with E-state index in [1.165, 1.54) is 19.2 Å². The van der Waals surface area contributed by atoms with E-state index < -0.39 is 11.8 Å². The fourth-order valence-corrected chi connectivity index (χ4v) is 2.32. The van der Waals surface area contributed by atoms with Gasteiger partial charge in [0.25, 0.3) is 0 Å². The minimum absolute atomic E-state index is 0.0476. The third-order valence-electron chi connectivity index (χ3n) is 2.98. The zero-order valence-corrected chi connectivity index (χ0v) is 12.9. The van der Waals surface area contributed by atoms with Gasteiger partial charge in [0.2, 0.25) is 0 Å². The number of carbonyl (C=O) groups is 1. The fraction of sp³-hybridized carbons (Fsp3) is 0.200. The van der Waals surface area contributed by atoms with E-state index >= 15 is 0 Å². The van der Waals surface area contributed by atoms with Gasteiger partial charge in [-0.1, -0.05) is 35.3 Å². The Kier molecular flexibility index (Phi) is 4.80. The van der Waals surface area contributed by atoms with Crippen LogP contribution in [0.2, 0.25) is 10.0 Å². The van der Waals surface area contributed by atoms with Gasteiger partial charge in [-0.05, 0) is 24.6 Å². The normalized spacial score (nSPS) is 10.5. The van der Waals surface area contributed by atoms with Gasteiger partial charge in [0.1, 0.15) is 5.82 Å². The number of pyridine rings is 1. The van der Waals surface area contributed by atoms with Crippen LogP contribution in [-0.4, -0.2) is 18.1 Å². The van der Waals surface area contributed by atoms with Crippen molar-refractivity contribution in [2.75, 3.05) is 7.11 Å². The molecule has 1 aromatic heterocycles. The van der Waals surface area contributed by atoms with Crippen molar-refractivity contribution in [1.29, 1.82) is 0 Å². The second-order valence-electron chi connectivity index (χ2n) is 4.44. The molecule has 0 amide bonds. The van der Waals surface area contributed by atoms with Gasteiger partial charge in [-0.3, -0.25) is 4.98 Å². The Labute approximate surface area is 131 Å². The SMILES string of the molecule is COC(=O)c1cc(Cc2cccc(Cl)c2F)nc(C)c1Cl. The van der Waals surface area contributed by atoms with Crippen LogP contribution in [0.15, 0.2) is 24.3 Å². The van der Waals surface area contributed by atoms with E-state index in [0.717, 1.165) is 0 Å². The summed E-state index contributed by atoms with van der Waals surface area (Å²) in [5.74, 6) is -1.05. The van der Waals surface area contributed by atoms with Crippen molar-refractivity contribution in [2.45, 2.75) is 13.3 Å². The molecule has 1 aromatic carbocycles. The summed E-state index contributed by atoms with van der Waals surface area (Å²) in [5.41, 5.74) is 1.60. The third-order valence-corrected chi connectivity index (χ3v) is 3.75. The van der Waals surface area contributed by atoms with Crippen LogP contribution in [0.5, 0.6) is 0 Å². The van der Waals surface area contributed by atoms with Gasteiger partial charge in [0, 0.05) is 12.1 Å². The molecule has 6 heteroatoms. The van der Waals surface area contributed by atoms with Gasteiger partial charge >= 0.3 is 5.97 Å². The number of hydrogen-bond donors (Lipinski definition) is 0. The maximum Gasteiger partial charge on any atom is 0.339 e. The molecule has 0 aliphatic heterocycles. The number of nitrogens with zero attached hydrogens (tertiary/aromatic N) is 1. The Morgan fingerprint density at radius 2 is 2.10 bits per heavy atom. The maximum atomic E-state index is 13.9. The Morgan fingerprint density at radius 1 is 1.38 bits per heavy atom. The number of aromatic nitrogens is 1. The lowest BCUT2D eigenvalue weighted by molar-refractivity contribution is 0.0600. The number of halogens is 3. The molecule has 21 heavy (non-hydrogen) atoms. The third kappa shape index (κ3) is 3.34. The van der Waals surface area contributed by atoms with Crippen molar-refractivity contribution in [1.82, 2.24) is 4.98 Å². The highest BCUT2D eigenvalue weighted by molar-refractivity contribution is 6.34. The average molecular weight is 328 g/mol. The molecule has 0 spiro atoms. The van der Waals surface area contributed by atoms with E-state index in [1.807, 2.05) is 0 Å². The van der Waals surface area contributed by atoms with Crippen molar-refractivity contribution in [3.05, 3.63) is 62.6 Å². The van der Waals surface area contributed by atoms with Crippen LogP contribution < -0.4 is 0 Å². The lowest BCUT2D eigenvalue weighted by Gasteiger charge is -2.09.